The molecule has 0 aliphatic heterocycles. The summed E-state index contributed by atoms with van der Waals surface area (Å²) in [6.45, 7) is 6.66. The number of nitrogens with one attached hydrogen (secondary N) is 1. The second-order valence-electron chi connectivity index (χ2n) is 5.69. The van der Waals surface area contributed by atoms with Crippen LogP contribution in [-0.2, 0) is 4.74 Å². The molecule has 29 heavy (non-hydrogen) atoms. The summed E-state index contributed by atoms with van der Waals surface area (Å²) in [5.74, 6) is 0.570. The second kappa shape index (κ2) is 11.3. The van der Waals surface area contributed by atoms with Crippen molar-refractivity contribution in [3.05, 3.63) is 59.3 Å². The minimum atomic E-state index is -0.460. The molecule has 154 valence electrons. The fourth-order valence-corrected chi connectivity index (χ4v) is 2.51. The molecule has 2 heterocycles. The van der Waals surface area contributed by atoms with Crippen molar-refractivity contribution in [3.63, 3.8) is 0 Å². The Hall–Kier alpha value is -2.77. The lowest BCUT2D eigenvalue weighted by atomic mass is 10.2. The average Bonchev–Trinajstić information content (AvgIpc) is 2.74. The molecule has 3 rings (SSSR count). The number of aryl methyl sites for hydroxylation is 1. The minimum absolute atomic E-state index is 0.198. The summed E-state index contributed by atoms with van der Waals surface area (Å²) in [6.07, 6.45) is 4.89. The molecule has 0 saturated heterocycles. The van der Waals surface area contributed by atoms with Crippen LogP contribution in [0.2, 0.25) is 5.02 Å². The van der Waals surface area contributed by atoms with E-state index < -0.39 is 5.82 Å². The SMILES string of the molecule is CC.COCCOc1cnc(-c2cc(Cl)ccc2F)nc1Nc1ccncc1C. The van der Waals surface area contributed by atoms with Gasteiger partial charge in [0.1, 0.15) is 12.4 Å². The van der Waals surface area contributed by atoms with E-state index in [-0.39, 0.29) is 11.4 Å². The van der Waals surface area contributed by atoms with E-state index in [1.807, 2.05) is 26.8 Å². The van der Waals surface area contributed by atoms with Crippen LogP contribution in [0.5, 0.6) is 5.75 Å². The number of halogens is 2. The first kappa shape index (κ1) is 22.5. The molecule has 0 aliphatic rings. The summed E-state index contributed by atoms with van der Waals surface area (Å²) in [4.78, 5) is 12.8. The fourth-order valence-electron chi connectivity index (χ4n) is 2.34. The van der Waals surface area contributed by atoms with Gasteiger partial charge in [-0.15, -0.1) is 0 Å². The first-order chi connectivity index (χ1) is 14.1. The van der Waals surface area contributed by atoms with Crippen molar-refractivity contribution in [1.29, 1.82) is 0 Å². The first-order valence-corrected chi connectivity index (χ1v) is 9.58. The van der Waals surface area contributed by atoms with Crippen LogP contribution in [0.1, 0.15) is 19.4 Å². The molecule has 0 bridgehead atoms. The molecule has 0 unspecified atom stereocenters. The van der Waals surface area contributed by atoms with E-state index in [0.717, 1.165) is 11.3 Å². The molecule has 0 saturated carbocycles. The molecule has 0 fully saturated rings. The van der Waals surface area contributed by atoms with Crippen molar-refractivity contribution in [2.75, 3.05) is 25.6 Å². The zero-order chi connectivity index (χ0) is 21.2. The average molecular weight is 419 g/mol. The van der Waals surface area contributed by atoms with E-state index in [9.17, 15) is 4.39 Å². The van der Waals surface area contributed by atoms with Crippen LogP contribution in [0, 0.1) is 12.7 Å². The Bertz CT molecular complexity index is 940. The molecule has 1 aromatic carbocycles. The van der Waals surface area contributed by atoms with Crippen molar-refractivity contribution >= 4 is 23.1 Å². The highest BCUT2D eigenvalue weighted by Gasteiger charge is 2.14. The summed E-state index contributed by atoms with van der Waals surface area (Å²) in [5, 5.41) is 3.60. The van der Waals surface area contributed by atoms with E-state index >= 15 is 0 Å². The van der Waals surface area contributed by atoms with E-state index in [1.165, 1.54) is 24.4 Å². The van der Waals surface area contributed by atoms with Crippen molar-refractivity contribution in [3.8, 4) is 17.1 Å². The molecule has 0 radical (unpaired) electrons. The highest BCUT2D eigenvalue weighted by molar-refractivity contribution is 6.30. The van der Waals surface area contributed by atoms with Crippen LogP contribution in [-0.4, -0.2) is 35.3 Å². The van der Waals surface area contributed by atoms with Gasteiger partial charge in [-0.25, -0.2) is 14.4 Å². The van der Waals surface area contributed by atoms with Gasteiger partial charge in [0.05, 0.1) is 18.4 Å². The zero-order valence-corrected chi connectivity index (χ0v) is 17.6. The van der Waals surface area contributed by atoms with E-state index in [1.54, 1.807) is 19.5 Å². The third-order valence-corrected chi connectivity index (χ3v) is 3.98. The number of hydrogen-bond acceptors (Lipinski definition) is 6. The molecule has 3 aromatic rings. The molecule has 1 N–H and O–H groups in total. The Morgan fingerprint density at radius 2 is 1.93 bits per heavy atom. The fraction of sp³-hybridized carbons (Fsp3) is 0.286. The Morgan fingerprint density at radius 1 is 1.14 bits per heavy atom. The number of rotatable bonds is 7. The van der Waals surface area contributed by atoms with Gasteiger partial charge >= 0.3 is 0 Å². The third-order valence-electron chi connectivity index (χ3n) is 3.74. The number of ether oxygens (including phenoxy) is 2. The van der Waals surface area contributed by atoms with Gasteiger partial charge in [0, 0.05) is 30.2 Å². The highest BCUT2D eigenvalue weighted by atomic mass is 35.5. The maximum absolute atomic E-state index is 14.2. The summed E-state index contributed by atoms with van der Waals surface area (Å²) < 4.78 is 24.9. The maximum atomic E-state index is 14.2. The molecule has 0 amide bonds. The lowest BCUT2D eigenvalue weighted by Crippen LogP contribution is -2.08. The van der Waals surface area contributed by atoms with Crippen molar-refractivity contribution in [2.45, 2.75) is 20.8 Å². The van der Waals surface area contributed by atoms with E-state index in [2.05, 4.69) is 20.3 Å². The summed E-state index contributed by atoms with van der Waals surface area (Å²) in [7, 11) is 1.59. The smallest absolute Gasteiger partial charge is 0.180 e. The van der Waals surface area contributed by atoms with Gasteiger partial charge in [0.25, 0.3) is 0 Å². The summed E-state index contributed by atoms with van der Waals surface area (Å²) in [6, 6.07) is 6.06. The van der Waals surface area contributed by atoms with E-state index in [4.69, 9.17) is 21.1 Å². The van der Waals surface area contributed by atoms with Gasteiger partial charge in [-0.05, 0) is 36.8 Å². The minimum Gasteiger partial charge on any atom is -0.486 e. The van der Waals surface area contributed by atoms with Gasteiger partial charge in [0.15, 0.2) is 17.4 Å². The van der Waals surface area contributed by atoms with Gasteiger partial charge in [-0.1, -0.05) is 25.4 Å². The van der Waals surface area contributed by atoms with Crippen LogP contribution >= 0.6 is 11.6 Å². The number of methoxy groups -OCH3 is 1. The monoisotopic (exact) mass is 418 g/mol. The van der Waals surface area contributed by atoms with Crippen molar-refractivity contribution in [2.24, 2.45) is 0 Å². The lowest BCUT2D eigenvalue weighted by molar-refractivity contribution is 0.146. The zero-order valence-electron chi connectivity index (χ0n) is 16.9. The standard InChI is InChI=1S/C19H18ClFN4O2.C2H6/c1-12-10-22-6-5-16(12)24-19-17(27-8-7-26-2)11-23-18(25-19)14-9-13(20)3-4-15(14)21;1-2/h3-6,9-11H,7-8H2,1-2H3,(H,22,23,24,25);1-2H3. The normalized spacial score (nSPS) is 10.1. The number of hydrogen-bond donors (Lipinski definition) is 1. The number of benzene rings is 1. The molecule has 0 aliphatic carbocycles. The van der Waals surface area contributed by atoms with Crippen molar-refractivity contribution < 1.29 is 13.9 Å². The van der Waals surface area contributed by atoms with Crippen LogP contribution in [0.15, 0.2) is 42.9 Å². The molecule has 2 aromatic heterocycles. The predicted octanol–water partition coefficient (Wildman–Crippen LogP) is 5.43. The number of pyridine rings is 1. The Morgan fingerprint density at radius 3 is 2.66 bits per heavy atom. The molecule has 0 atom stereocenters. The van der Waals surface area contributed by atoms with E-state index in [0.29, 0.717) is 29.8 Å². The van der Waals surface area contributed by atoms with Gasteiger partial charge < -0.3 is 14.8 Å². The second-order valence-corrected chi connectivity index (χ2v) is 6.12. The van der Waals surface area contributed by atoms with Crippen molar-refractivity contribution in [1.82, 2.24) is 15.0 Å². The molecular formula is C21H24ClFN4O2. The first-order valence-electron chi connectivity index (χ1n) is 9.20. The third kappa shape index (κ3) is 6.10. The van der Waals surface area contributed by atoms with Crippen LogP contribution in [0.4, 0.5) is 15.9 Å². The Labute approximate surface area is 175 Å². The quantitative estimate of drug-likeness (QED) is 0.515. The molecule has 8 heteroatoms. The summed E-state index contributed by atoms with van der Waals surface area (Å²) in [5.41, 5.74) is 1.94. The van der Waals surface area contributed by atoms with Crippen LogP contribution < -0.4 is 10.1 Å². The van der Waals surface area contributed by atoms with Gasteiger partial charge in [-0.3, -0.25) is 4.98 Å². The molecule has 0 spiro atoms. The highest BCUT2D eigenvalue weighted by Crippen LogP contribution is 2.30. The number of aromatic nitrogens is 3. The Balaban J connectivity index is 0.00000145. The number of anilines is 2. The summed E-state index contributed by atoms with van der Waals surface area (Å²) >= 11 is 5.99. The lowest BCUT2D eigenvalue weighted by Gasteiger charge is -2.14. The van der Waals surface area contributed by atoms with Gasteiger partial charge in [-0.2, -0.15) is 0 Å². The topological polar surface area (TPSA) is 69.2 Å². The van der Waals surface area contributed by atoms with Gasteiger partial charge in [0.2, 0.25) is 0 Å². The number of nitrogens with zero attached hydrogens (tertiary/aromatic N) is 3. The molecule has 6 nitrogen and oxygen atoms in total. The largest absolute Gasteiger partial charge is 0.486 e. The predicted molar refractivity (Wildman–Crippen MR) is 113 cm³/mol. The van der Waals surface area contributed by atoms with Crippen LogP contribution in [0.3, 0.4) is 0 Å². The maximum Gasteiger partial charge on any atom is 0.180 e. The molecular weight excluding hydrogens is 395 g/mol. The van der Waals surface area contributed by atoms with Crippen LogP contribution in [0.25, 0.3) is 11.4 Å². The Kier molecular flexibility index (Phi) is 8.76.